The van der Waals surface area contributed by atoms with E-state index < -0.39 is 0 Å². The molecule has 1 saturated heterocycles. The molecule has 2 aromatic rings. The number of hydrogen-bond acceptors (Lipinski definition) is 4. The van der Waals surface area contributed by atoms with Gasteiger partial charge in [-0.25, -0.2) is 4.98 Å². The zero-order chi connectivity index (χ0) is 12.7. The minimum atomic E-state index is 0.318. The number of aryl methyl sites for hydroxylation is 2. The van der Waals surface area contributed by atoms with Crippen LogP contribution in [0.25, 0.3) is 4.96 Å². The zero-order valence-electron chi connectivity index (χ0n) is 11.1. The van der Waals surface area contributed by atoms with Crippen molar-refractivity contribution < 1.29 is 4.74 Å². The maximum atomic E-state index is 5.57. The second kappa shape index (κ2) is 4.64. The van der Waals surface area contributed by atoms with E-state index in [1.165, 1.54) is 10.6 Å². The van der Waals surface area contributed by atoms with Gasteiger partial charge in [-0.15, -0.1) is 11.3 Å². The Bertz CT molecular complexity index is 560. The van der Waals surface area contributed by atoms with E-state index in [-0.39, 0.29) is 0 Å². The molecular weight excluding hydrogens is 246 g/mol. The van der Waals surface area contributed by atoms with Gasteiger partial charge in [-0.3, -0.25) is 4.40 Å². The predicted molar refractivity (Wildman–Crippen MR) is 73.2 cm³/mol. The van der Waals surface area contributed by atoms with Crippen LogP contribution < -0.4 is 5.32 Å². The molecule has 1 fully saturated rings. The molecule has 1 N–H and O–H groups in total. The Morgan fingerprint density at radius 3 is 3.11 bits per heavy atom. The molecule has 0 aromatic carbocycles. The summed E-state index contributed by atoms with van der Waals surface area (Å²) in [5, 5.41) is 3.59. The molecule has 0 spiro atoms. The second-order valence-corrected chi connectivity index (χ2v) is 6.20. The van der Waals surface area contributed by atoms with Crippen molar-refractivity contribution in [1.82, 2.24) is 14.7 Å². The summed E-state index contributed by atoms with van der Waals surface area (Å²) in [4.78, 5) is 7.01. The molecule has 0 bridgehead atoms. The van der Waals surface area contributed by atoms with E-state index in [1.54, 1.807) is 11.3 Å². The van der Waals surface area contributed by atoms with Gasteiger partial charge in [-0.1, -0.05) is 0 Å². The lowest BCUT2D eigenvalue weighted by molar-refractivity contribution is 0.113. The minimum absolute atomic E-state index is 0.318. The van der Waals surface area contributed by atoms with Crippen LogP contribution in [0.3, 0.4) is 0 Å². The number of rotatable bonds is 3. The molecule has 1 aliphatic heterocycles. The largest absolute Gasteiger partial charge is 0.377 e. The van der Waals surface area contributed by atoms with Crippen molar-refractivity contribution in [1.29, 1.82) is 0 Å². The summed E-state index contributed by atoms with van der Waals surface area (Å²) in [7, 11) is 0. The summed E-state index contributed by atoms with van der Waals surface area (Å²) in [6, 6.07) is 0.467. The average molecular weight is 265 g/mol. The van der Waals surface area contributed by atoms with Gasteiger partial charge in [0, 0.05) is 30.3 Å². The van der Waals surface area contributed by atoms with Gasteiger partial charge in [0.15, 0.2) is 4.96 Å². The van der Waals surface area contributed by atoms with Crippen molar-refractivity contribution in [2.24, 2.45) is 0 Å². The highest BCUT2D eigenvalue weighted by atomic mass is 32.1. The number of nitrogens with one attached hydrogen (secondary N) is 1. The highest BCUT2D eigenvalue weighted by Gasteiger charge is 2.24. The number of nitrogens with zero attached hydrogens (tertiary/aromatic N) is 2. The topological polar surface area (TPSA) is 38.6 Å². The molecule has 3 heterocycles. The van der Waals surface area contributed by atoms with Crippen LogP contribution in [-0.2, 0) is 11.3 Å². The normalized spacial score (nSPS) is 24.2. The molecule has 18 heavy (non-hydrogen) atoms. The Labute approximate surface area is 111 Å². The zero-order valence-corrected chi connectivity index (χ0v) is 11.9. The summed E-state index contributed by atoms with van der Waals surface area (Å²) in [6.45, 7) is 8.08. The van der Waals surface area contributed by atoms with Crippen molar-refractivity contribution in [2.75, 3.05) is 6.61 Å². The number of ether oxygens (including phenoxy) is 1. The van der Waals surface area contributed by atoms with E-state index in [0.29, 0.717) is 12.1 Å². The minimum Gasteiger partial charge on any atom is -0.377 e. The van der Waals surface area contributed by atoms with E-state index in [0.717, 1.165) is 30.2 Å². The fraction of sp³-hybridized carbons (Fsp3) is 0.615. The van der Waals surface area contributed by atoms with Crippen LogP contribution >= 0.6 is 11.3 Å². The Morgan fingerprint density at radius 2 is 2.39 bits per heavy atom. The molecule has 0 aliphatic carbocycles. The molecule has 98 valence electrons. The lowest BCUT2D eigenvalue weighted by Gasteiger charge is -2.15. The van der Waals surface area contributed by atoms with Crippen LogP contribution in [0.15, 0.2) is 6.20 Å². The first-order valence-corrected chi connectivity index (χ1v) is 7.26. The van der Waals surface area contributed by atoms with Gasteiger partial charge in [-0.2, -0.15) is 0 Å². The first kappa shape index (κ1) is 12.1. The lowest BCUT2D eigenvalue weighted by atomic mass is 10.1. The first-order chi connectivity index (χ1) is 8.65. The molecule has 4 nitrogen and oxygen atoms in total. The predicted octanol–water partition coefficient (Wildman–Crippen LogP) is 2.28. The number of imidazole rings is 1. The molecule has 2 atom stereocenters. The van der Waals surface area contributed by atoms with Crippen molar-refractivity contribution in [2.45, 2.75) is 45.9 Å². The fourth-order valence-corrected chi connectivity index (χ4v) is 3.44. The Hall–Kier alpha value is -0.910. The maximum absolute atomic E-state index is 5.57. The van der Waals surface area contributed by atoms with E-state index in [4.69, 9.17) is 4.74 Å². The molecule has 2 unspecified atom stereocenters. The van der Waals surface area contributed by atoms with Crippen molar-refractivity contribution >= 4 is 16.3 Å². The highest BCUT2D eigenvalue weighted by Crippen LogP contribution is 2.21. The van der Waals surface area contributed by atoms with E-state index in [9.17, 15) is 0 Å². The molecule has 0 saturated carbocycles. The molecule has 3 rings (SSSR count). The molecule has 1 aliphatic rings. The lowest BCUT2D eigenvalue weighted by Crippen LogP contribution is -2.34. The summed E-state index contributed by atoms with van der Waals surface area (Å²) in [5.74, 6) is 0. The van der Waals surface area contributed by atoms with Gasteiger partial charge in [-0.05, 0) is 27.2 Å². The van der Waals surface area contributed by atoms with E-state index in [2.05, 4.69) is 41.7 Å². The highest BCUT2D eigenvalue weighted by molar-refractivity contribution is 7.17. The summed E-state index contributed by atoms with van der Waals surface area (Å²) >= 11 is 1.75. The molecule has 5 heteroatoms. The quantitative estimate of drug-likeness (QED) is 0.925. The number of thiazole rings is 1. The first-order valence-electron chi connectivity index (χ1n) is 6.44. The molecular formula is C13H19N3OS. The fourth-order valence-electron chi connectivity index (χ4n) is 2.55. The Kier molecular flexibility index (Phi) is 3.13. The van der Waals surface area contributed by atoms with E-state index in [1.807, 2.05) is 0 Å². The Morgan fingerprint density at radius 1 is 1.56 bits per heavy atom. The molecule has 0 amide bonds. The van der Waals surface area contributed by atoms with Gasteiger partial charge in [0.25, 0.3) is 0 Å². The summed E-state index contributed by atoms with van der Waals surface area (Å²) < 4.78 is 7.79. The van der Waals surface area contributed by atoms with Gasteiger partial charge in [0.2, 0.25) is 0 Å². The van der Waals surface area contributed by atoms with Crippen molar-refractivity contribution in [3.05, 3.63) is 22.5 Å². The van der Waals surface area contributed by atoms with Crippen LogP contribution in [0.2, 0.25) is 0 Å². The van der Waals surface area contributed by atoms with Gasteiger partial charge < -0.3 is 10.1 Å². The standard InChI is InChI=1S/C13H19N3OS/c1-8-7-16-12(9(2)15-13(16)18-8)6-14-11-4-5-17-10(11)3/h7,10-11,14H,4-6H2,1-3H3. The monoisotopic (exact) mass is 265 g/mol. The summed E-state index contributed by atoms with van der Waals surface area (Å²) in [5.41, 5.74) is 2.40. The van der Waals surface area contributed by atoms with Crippen LogP contribution in [0.1, 0.15) is 29.6 Å². The van der Waals surface area contributed by atoms with Crippen LogP contribution in [0, 0.1) is 13.8 Å². The van der Waals surface area contributed by atoms with Crippen LogP contribution in [0.4, 0.5) is 0 Å². The average Bonchev–Trinajstić information content (AvgIpc) is 2.93. The maximum Gasteiger partial charge on any atom is 0.194 e. The van der Waals surface area contributed by atoms with Crippen molar-refractivity contribution in [3.8, 4) is 0 Å². The molecule has 2 aromatic heterocycles. The third kappa shape index (κ3) is 2.06. The van der Waals surface area contributed by atoms with Gasteiger partial charge in [0.1, 0.15) is 0 Å². The van der Waals surface area contributed by atoms with Crippen molar-refractivity contribution in [3.63, 3.8) is 0 Å². The van der Waals surface area contributed by atoms with E-state index >= 15 is 0 Å². The van der Waals surface area contributed by atoms with Crippen LogP contribution in [-0.4, -0.2) is 28.1 Å². The summed E-state index contributed by atoms with van der Waals surface area (Å²) in [6.07, 6.45) is 3.59. The smallest absolute Gasteiger partial charge is 0.194 e. The van der Waals surface area contributed by atoms with Gasteiger partial charge >= 0.3 is 0 Å². The number of fused-ring (bicyclic) bond motifs is 1. The molecule has 0 radical (unpaired) electrons. The third-order valence-corrected chi connectivity index (χ3v) is 4.55. The van der Waals surface area contributed by atoms with Crippen LogP contribution in [0.5, 0.6) is 0 Å². The van der Waals surface area contributed by atoms with Gasteiger partial charge in [0.05, 0.1) is 17.5 Å². The second-order valence-electron chi connectivity index (χ2n) is 4.99. The SMILES string of the molecule is Cc1cn2c(CNC3CCOC3C)c(C)nc2s1. The number of aromatic nitrogens is 2. The Balaban J connectivity index is 1.79. The number of hydrogen-bond donors (Lipinski definition) is 1. The third-order valence-electron chi connectivity index (χ3n) is 3.65.